The average molecular weight is 383 g/mol. The molecule has 0 bridgehead atoms. The zero-order chi connectivity index (χ0) is 19.3. The molecule has 1 amide bonds. The highest BCUT2D eigenvalue weighted by Gasteiger charge is 2.27. The zero-order valence-electron chi connectivity index (χ0n) is 16.3. The Bertz CT molecular complexity index is 997. The molecule has 6 heteroatoms. The van der Waals surface area contributed by atoms with Crippen LogP contribution in [0.1, 0.15) is 52.8 Å². The van der Waals surface area contributed by atoms with Crippen LogP contribution in [-0.2, 0) is 0 Å². The molecule has 1 fully saturated rings. The third kappa shape index (κ3) is 3.28. The Morgan fingerprint density at radius 1 is 1.30 bits per heavy atom. The van der Waals surface area contributed by atoms with Crippen LogP contribution in [-0.4, -0.2) is 39.9 Å². The van der Waals surface area contributed by atoms with Gasteiger partial charge in [-0.25, -0.2) is 0 Å². The van der Waals surface area contributed by atoms with E-state index >= 15 is 0 Å². The van der Waals surface area contributed by atoms with Crippen molar-refractivity contribution in [3.05, 3.63) is 40.0 Å². The lowest BCUT2D eigenvalue weighted by atomic mass is 9.99. The number of nitrogens with two attached hydrogens (primary N) is 1. The summed E-state index contributed by atoms with van der Waals surface area (Å²) in [6, 6.07) is 6.34. The highest BCUT2D eigenvalue weighted by molar-refractivity contribution is 7.21. The number of rotatable bonds is 3. The van der Waals surface area contributed by atoms with E-state index in [2.05, 4.69) is 35.9 Å². The summed E-state index contributed by atoms with van der Waals surface area (Å²) < 4.78 is 1.18. The van der Waals surface area contributed by atoms with Crippen LogP contribution in [0, 0.1) is 13.8 Å². The van der Waals surface area contributed by atoms with Crippen LogP contribution in [0.5, 0.6) is 0 Å². The molecule has 4 rings (SSSR count). The number of likely N-dealkylation sites (tertiary alicyclic amines) is 1. The van der Waals surface area contributed by atoms with E-state index in [9.17, 15) is 4.79 Å². The molecule has 27 heavy (non-hydrogen) atoms. The van der Waals surface area contributed by atoms with Crippen LogP contribution in [0.25, 0.3) is 21.5 Å². The predicted octanol–water partition coefficient (Wildman–Crippen LogP) is 4.20. The average Bonchev–Trinajstić information content (AvgIpc) is 3.26. The number of aromatic amines is 1. The standard InChI is InChI=1S/C21H26N4OS/c1-11(2)18-19(14-7-12(3)23-13(4)8-14)24-16-9-17(27-20(16)18)21(26)25-6-5-15(22)10-25/h7-9,11,15,24H,5-6,10,22H2,1-4H3/t15-/m0/s1. The first-order valence-electron chi connectivity index (χ1n) is 9.49. The Morgan fingerprint density at radius 2 is 2.00 bits per heavy atom. The minimum Gasteiger partial charge on any atom is -0.354 e. The van der Waals surface area contributed by atoms with Crippen molar-refractivity contribution in [2.75, 3.05) is 13.1 Å². The molecule has 1 saturated heterocycles. The molecule has 4 heterocycles. The van der Waals surface area contributed by atoms with E-state index in [0.29, 0.717) is 12.5 Å². The van der Waals surface area contributed by atoms with Gasteiger partial charge in [0.2, 0.25) is 0 Å². The smallest absolute Gasteiger partial charge is 0.264 e. The number of aryl methyl sites for hydroxylation is 2. The van der Waals surface area contributed by atoms with Gasteiger partial charge < -0.3 is 15.6 Å². The molecular weight excluding hydrogens is 356 g/mol. The van der Waals surface area contributed by atoms with E-state index in [-0.39, 0.29) is 11.9 Å². The van der Waals surface area contributed by atoms with Crippen molar-refractivity contribution < 1.29 is 4.79 Å². The van der Waals surface area contributed by atoms with Crippen LogP contribution < -0.4 is 5.73 Å². The lowest BCUT2D eigenvalue weighted by Gasteiger charge is -2.14. The Morgan fingerprint density at radius 3 is 2.59 bits per heavy atom. The highest BCUT2D eigenvalue weighted by atomic mass is 32.1. The fourth-order valence-electron chi connectivity index (χ4n) is 3.99. The molecule has 1 aliphatic heterocycles. The number of carbonyl (C=O) groups excluding carboxylic acids is 1. The third-order valence-corrected chi connectivity index (χ3v) is 6.33. The summed E-state index contributed by atoms with van der Waals surface area (Å²) in [5.74, 6) is 0.453. The van der Waals surface area contributed by atoms with Crippen molar-refractivity contribution in [1.82, 2.24) is 14.9 Å². The SMILES string of the molecule is Cc1cc(-c2[nH]c3cc(C(=O)N4CC[C@H](N)C4)sc3c2C(C)C)cc(C)n1. The van der Waals surface area contributed by atoms with Crippen LogP contribution in [0.15, 0.2) is 18.2 Å². The van der Waals surface area contributed by atoms with Crippen molar-refractivity contribution >= 4 is 27.5 Å². The van der Waals surface area contributed by atoms with Crippen molar-refractivity contribution in [3.8, 4) is 11.3 Å². The van der Waals surface area contributed by atoms with Gasteiger partial charge in [-0.2, -0.15) is 0 Å². The van der Waals surface area contributed by atoms with Crippen LogP contribution in [0.4, 0.5) is 0 Å². The lowest BCUT2D eigenvalue weighted by Crippen LogP contribution is -2.31. The quantitative estimate of drug-likeness (QED) is 0.713. The van der Waals surface area contributed by atoms with Gasteiger partial charge in [0.05, 0.1) is 20.8 Å². The van der Waals surface area contributed by atoms with Gasteiger partial charge in [-0.05, 0) is 49.9 Å². The second-order valence-electron chi connectivity index (χ2n) is 7.86. The zero-order valence-corrected chi connectivity index (χ0v) is 17.1. The van der Waals surface area contributed by atoms with E-state index in [0.717, 1.165) is 46.0 Å². The number of hydrogen-bond donors (Lipinski definition) is 2. The van der Waals surface area contributed by atoms with Crippen molar-refractivity contribution in [2.45, 2.75) is 46.1 Å². The summed E-state index contributed by atoms with van der Waals surface area (Å²) in [5, 5.41) is 0. The maximum atomic E-state index is 12.8. The maximum absolute atomic E-state index is 12.8. The summed E-state index contributed by atoms with van der Waals surface area (Å²) in [4.78, 5) is 23.6. The minimum atomic E-state index is 0.101. The fraction of sp³-hybridized carbons (Fsp3) is 0.429. The summed E-state index contributed by atoms with van der Waals surface area (Å²) in [6.07, 6.45) is 0.886. The molecule has 3 aromatic rings. The van der Waals surface area contributed by atoms with Gasteiger partial charge in [0.25, 0.3) is 5.91 Å². The summed E-state index contributed by atoms with van der Waals surface area (Å²) in [6.45, 7) is 9.86. The molecule has 1 atom stereocenters. The van der Waals surface area contributed by atoms with Gasteiger partial charge in [-0.15, -0.1) is 11.3 Å². The molecule has 0 unspecified atom stereocenters. The Labute approximate surface area is 163 Å². The van der Waals surface area contributed by atoms with E-state index in [1.165, 1.54) is 10.3 Å². The third-order valence-electron chi connectivity index (χ3n) is 5.18. The van der Waals surface area contributed by atoms with Crippen LogP contribution >= 0.6 is 11.3 Å². The molecular formula is C21H26N4OS. The van der Waals surface area contributed by atoms with Gasteiger partial charge in [0.15, 0.2) is 0 Å². The lowest BCUT2D eigenvalue weighted by molar-refractivity contribution is 0.0795. The number of carbonyl (C=O) groups is 1. The number of fused-ring (bicyclic) bond motifs is 1. The predicted molar refractivity (Wildman–Crippen MR) is 111 cm³/mol. The van der Waals surface area contributed by atoms with Gasteiger partial charge in [0, 0.05) is 36.1 Å². The Kier molecular flexibility index (Phi) is 4.56. The molecule has 142 valence electrons. The first kappa shape index (κ1) is 18.2. The van der Waals surface area contributed by atoms with E-state index in [4.69, 9.17) is 5.73 Å². The Hall–Kier alpha value is -2.18. The van der Waals surface area contributed by atoms with Crippen molar-refractivity contribution in [3.63, 3.8) is 0 Å². The fourth-order valence-corrected chi connectivity index (χ4v) is 5.27. The maximum Gasteiger partial charge on any atom is 0.264 e. The highest BCUT2D eigenvalue weighted by Crippen LogP contribution is 2.40. The topological polar surface area (TPSA) is 75.0 Å². The van der Waals surface area contributed by atoms with Gasteiger partial charge in [-0.3, -0.25) is 9.78 Å². The number of amides is 1. The van der Waals surface area contributed by atoms with Crippen molar-refractivity contribution in [1.29, 1.82) is 0 Å². The molecule has 3 N–H and O–H groups in total. The molecule has 0 radical (unpaired) electrons. The summed E-state index contributed by atoms with van der Waals surface area (Å²) in [7, 11) is 0. The number of thiophene rings is 1. The first-order valence-corrected chi connectivity index (χ1v) is 10.3. The van der Waals surface area contributed by atoms with Gasteiger partial charge in [-0.1, -0.05) is 13.8 Å². The number of pyridine rings is 1. The van der Waals surface area contributed by atoms with Gasteiger partial charge >= 0.3 is 0 Å². The summed E-state index contributed by atoms with van der Waals surface area (Å²) in [5.41, 5.74) is 12.6. The number of nitrogens with one attached hydrogen (secondary N) is 1. The molecule has 0 aliphatic carbocycles. The molecule has 3 aromatic heterocycles. The summed E-state index contributed by atoms with van der Waals surface area (Å²) >= 11 is 1.59. The number of aromatic nitrogens is 2. The number of H-pyrrole nitrogens is 1. The van der Waals surface area contributed by atoms with Crippen LogP contribution in [0.2, 0.25) is 0 Å². The van der Waals surface area contributed by atoms with Crippen LogP contribution in [0.3, 0.4) is 0 Å². The number of nitrogens with zero attached hydrogens (tertiary/aromatic N) is 2. The molecule has 0 aromatic carbocycles. The molecule has 0 saturated carbocycles. The van der Waals surface area contributed by atoms with E-state index < -0.39 is 0 Å². The van der Waals surface area contributed by atoms with Gasteiger partial charge in [0.1, 0.15) is 0 Å². The largest absolute Gasteiger partial charge is 0.354 e. The molecule has 1 aliphatic rings. The number of hydrogen-bond acceptors (Lipinski definition) is 4. The Balaban J connectivity index is 1.78. The first-order chi connectivity index (χ1) is 12.8. The van der Waals surface area contributed by atoms with E-state index in [1.807, 2.05) is 24.8 Å². The minimum absolute atomic E-state index is 0.101. The molecule has 5 nitrogen and oxygen atoms in total. The second-order valence-corrected chi connectivity index (χ2v) is 8.91. The molecule has 0 spiro atoms. The van der Waals surface area contributed by atoms with E-state index in [1.54, 1.807) is 11.3 Å². The second kappa shape index (κ2) is 6.77. The monoisotopic (exact) mass is 382 g/mol. The van der Waals surface area contributed by atoms with Crippen molar-refractivity contribution in [2.24, 2.45) is 5.73 Å². The normalized spacial score (nSPS) is 17.4.